The Kier molecular flexibility index (Phi) is 27.9. The number of carboxylic acids is 1. The quantitative estimate of drug-likeness (QED) is 0.245. The van der Waals surface area contributed by atoms with Gasteiger partial charge < -0.3 is 29.9 Å². The van der Waals surface area contributed by atoms with Crippen LogP contribution in [0.3, 0.4) is 0 Å². The number of aliphatic hydroxyl groups excluding tert-OH is 3. The molecule has 0 aromatic carbocycles. The van der Waals surface area contributed by atoms with Gasteiger partial charge in [-0.1, -0.05) is 13.2 Å². The molecule has 0 rings (SSSR count). The summed E-state index contributed by atoms with van der Waals surface area (Å²) in [5.74, 6) is -1.39. The van der Waals surface area contributed by atoms with Crippen LogP contribution in [-0.2, 0) is 19.1 Å². The lowest BCUT2D eigenvalue weighted by Gasteiger charge is -1.98. The highest BCUT2D eigenvalue weighted by Crippen LogP contribution is 1.88. The van der Waals surface area contributed by atoms with Gasteiger partial charge in [-0.25, -0.2) is 9.59 Å². The summed E-state index contributed by atoms with van der Waals surface area (Å²) in [6, 6.07) is 0. The number of hydrogen-bond acceptors (Lipinski definition) is 7. The molecule has 4 N–H and O–H groups in total. The fourth-order valence-corrected chi connectivity index (χ4v) is 0.677. The van der Waals surface area contributed by atoms with Crippen molar-refractivity contribution in [2.75, 3.05) is 39.6 Å². The summed E-state index contributed by atoms with van der Waals surface area (Å²) < 4.78 is 9.26. The number of carbonyl (C=O) groups is 2. The van der Waals surface area contributed by atoms with Crippen molar-refractivity contribution in [1.29, 1.82) is 0 Å². The number of carbonyl (C=O) groups excluding carboxylic acids is 1. The molecule has 0 saturated heterocycles. The Hall–Kier alpha value is -1.74. The predicted molar refractivity (Wildman–Crippen MR) is 80.3 cm³/mol. The van der Waals surface area contributed by atoms with Crippen LogP contribution < -0.4 is 0 Å². The summed E-state index contributed by atoms with van der Waals surface area (Å²) in [4.78, 5) is 19.6. The van der Waals surface area contributed by atoms with E-state index in [1.165, 1.54) is 0 Å². The highest BCUT2D eigenvalue weighted by molar-refractivity contribution is 5.81. The molecule has 0 saturated carbocycles. The van der Waals surface area contributed by atoms with Gasteiger partial charge in [-0.2, -0.15) is 0 Å². The standard InChI is InChI=1S/C7H12O3.C4H10O3.C3H4O2/c1-2-7(9)10-6-4-3-5-8;5-1-3-7-4-2-6;1-2-3(4)5/h2,8H,1,3-6H2;5-6H,1-4H2;2H,1H2,(H,4,5). The van der Waals surface area contributed by atoms with E-state index in [2.05, 4.69) is 22.6 Å². The summed E-state index contributed by atoms with van der Waals surface area (Å²) in [5.41, 5.74) is 0. The average Bonchev–Trinajstić information content (AvgIpc) is 2.53. The van der Waals surface area contributed by atoms with Crippen LogP contribution in [-0.4, -0.2) is 72.0 Å². The van der Waals surface area contributed by atoms with Crippen LogP contribution in [0.5, 0.6) is 0 Å². The summed E-state index contributed by atoms with van der Waals surface area (Å²) in [6.07, 6.45) is 3.33. The smallest absolute Gasteiger partial charge is 0.330 e. The second-order valence-electron chi connectivity index (χ2n) is 3.40. The molecule has 0 heterocycles. The predicted octanol–water partition coefficient (Wildman–Crippen LogP) is -0.267. The van der Waals surface area contributed by atoms with E-state index in [0.717, 1.165) is 12.2 Å². The number of unbranched alkanes of at least 4 members (excludes halogenated alkanes) is 1. The summed E-state index contributed by atoms with van der Waals surface area (Å²) in [6.45, 7) is 7.40. The van der Waals surface area contributed by atoms with Crippen molar-refractivity contribution >= 4 is 11.9 Å². The first-order valence-electron chi connectivity index (χ1n) is 6.54. The molecule has 0 spiro atoms. The van der Waals surface area contributed by atoms with Crippen LogP contribution in [0.1, 0.15) is 12.8 Å². The van der Waals surface area contributed by atoms with Crippen LogP contribution in [0.15, 0.2) is 25.3 Å². The van der Waals surface area contributed by atoms with E-state index in [1.807, 2.05) is 0 Å². The number of ether oxygens (including phenoxy) is 2. The van der Waals surface area contributed by atoms with E-state index in [-0.39, 0.29) is 19.8 Å². The zero-order valence-corrected chi connectivity index (χ0v) is 12.6. The highest BCUT2D eigenvalue weighted by Gasteiger charge is 1.92. The second-order valence-corrected chi connectivity index (χ2v) is 3.40. The van der Waals surface area contributed by atoms with Crippen LogP contribution in [0.4, 0.5) is 0 Å². The molecule has 8 nitrogen and oxygen atoms in total. The number of carboxylic acid groups (broad SMARTS) is 1. The first kappa shape index (κ1) is 25.2. The molecule has 0 fully saturated rings. The van der Waals surface area contributed by atoms with E-state index < -0.39 is 11.9 Å². The van der Waals surface area contributed by atoms with Crippen molar-refractivity contribution in [2.24, 2.45) is 0 Å². The molecule has 0 aliphatic rings. The molecule has 0 aliphatic carbocycles. The monoisotopic (exact) mass is 322 g/mol. The molecule has 8 heteroatoms. The van der Waals surface area contributed by atoms with Gasteiger partial charge >= 0.3 is 11.9 Å². The van der Waals surface area contributed by atoms with Crippen molar-refractivity contribution in [3.8, 4) is 0 Å². The maximum atomic E-state index is 10.4. The minimum Gasteiger partial charge on any atom is -0.478 e. The minimum atomic E-state index is -0.981. The Balaban J connectivity index is -0.000000263. The van der Waals surface area contributed by atoms with E-state index in [1.54, 1.807) is 0 Å². The number of esters is 1. The maximum Gasteiger partial charge on any atom is 0.330 e. The largest absolute Gasteiger partial charge is 0.478 e. The Morgan fingerprint density at radius 2 is 1.36 bits per heavy atom. The molecule has 0 aliphatic heterocycles. The van der Waals surface area contributed by atoms with E-state index in [9.17, 15) is 9.59 Å². The molecular weight excluding hydrogens is 296 g/mol. The van der Waals surface area contributed by atoms with Gasteiger partial charge in [-0.3, -0.25) is 0 Å². The summed E-state index contributed by atoms with van der Waals surface area (Å²) >= 11 is 0. The molecule has 0 amide bonds. The van der Waals surface area contributed by atoms with Crippen molar-refractivity contribution in [3.05, 3.63) is 25.3 Å². The summed E-state index contributed by atoms with van der Waals surface area (Å²) in [7, 11) is 0. The minimum absolute atomic E-state index is 0.0278. The Labute approximate surface area is 130 Å². The lowest BCUT2D eigenvalue weighted by molar-refractivity contribution is -0.138. The number of hydrogen-bond donors (Lipinski definition) is 4. The number of rotatable bonds is 10. The van der Waals surface area contributed by atoms with Crippen molar-refractivity contribution in [3.63, 3.8) is 0 Å². The van der Waals surface area contributed by atoms with Gasteiger partial charge in [0.25, 0.3) is 0 Å². The number of aliphatic carboxylic acids is 1. The van der Waals surface area contributed by atoms with Crippen LogP contribution in [0.25, 0.3) is 0 Å². The van der Waals surface area contributed by atoms with E-state index >= 15 is 0 Å². The van der Waals surface area contributed by atoms with Gasteiger partial charge in [0.15, 0.2) is 0 Å². The third kappa shape index (κ3) is 36.2. The van der Waals surface area contributed by atoms with E-state index in [4.69, 9.17) is 20.4 Å². The lowest BCUT2D eigenvalue weighted by Crippen LogP contribution is -2.03. The zero-order chi connectivity index (χ0) is 17.6. The van der Waals surface area contributed by atoms with Gasteiger partial charge in [0.05, 0.1) is 33.0 Å². The molecule has 0 atom stereocenters. The van der Waals surface area contributed by atoms with Gasteiger partial charge in [-0.15, -0.1) is 0 Å². The lowest BCUT2D eigenvalue weighted by atomic mass is 10.3. The number of aliphatic hydroxyl groups is 3. The van der Waals surface area contributed by atoms with Crippen molar-refractivity contribution in [2.45, 2.75) is 12.8 Å². The Morgan fingerprint density at radius 3 is 1.68 bits per heavy atom. The van der Waals surface area contributed by atoms with Gasteiger partial charge in [-0.05, 0) is 12.8 Å². The molecule has 0 aromatic heterocycles. The molecule has 0 aromatic rings. The summed E-state index contributed by atoms with van der Waals surface area (Å²) in [5, 5.41) is 32.1. The van der Waals surface area contributed by atoms with Gasteiger partial charge in [0, 0.05) is 18.8 Å². The topological polar surface area (TPSA) is 134 Å². The highest BCUT2D eigenvalue weighted by atomic mass is 16.5. The molecule has 0 unspecified atom stereocenters. The van der Waals surface area contributed by atoms with Gasteiger partial charge in [0.2, 0.25) is 0 Å². The third-order valence-corrected chi connectivity index (χ3v) is 1.61. The van der Waals surface area contributed by atoms with Crippen molar-refractivity contribution < 1.29 is 39.5 Å². The van der Waals surface area contributed by atoms with Crippen LogP contribution in [0, 0.1) is 0 Å². The molecule has 130 valence electrons. The molecule has 0 bridgehead atoms. The first-order valence-corrected chi connectivity index (χ1v) is 6.54. The first-order chi connectivity index (χ1) is 10.5. The SMILES string of the molecule is C=CC(=O)O.C=CC(=O)OCCCCO.OCCOCCO. The Bertz CT molecular complexity index is 274. The van der Waals surface area contributed by atoms with E-state index in [0.29, 0.717) is 32.7 Å². The normalized spacial score (nSPS) is 8.50. The van der Waals surface area contributed by atoms with Crippen LogP contribution in [0.2, 0.25) is 0 Å². The second kappa shape index (κ2) is 24.3. The fraction of sp³-hybridized carbons (Fsp3) is 0.571. The van der Waals surface area contributed by atoms with Crippen molar-refractivity contribution in [1.82, 2.24) is 0 Å². The maximum absolute atomic E-state index is 10.4. The molecular formula is C14H26O8. The van der Waals surface area contributed by atoms with Crippen LogP contribution >= 0.6 is 0 Å². The van der Waals surface area contributed by atoms with Gasteiger partial charge in [0.1, 0.15) is 0 Å². The zero-order valence-electron chi connectivity index (χ0n) is 12.6. The fourth-order valence-electron chi connectivity index (χ4n) is 0.677. The molecule has 0 radical (unpaired) electrons. The Morgan fingerprint density at radius 1 is 0.864 bits per heavy atom. The molecule has 22 heavy (non-hydrogen) atoms. The third-order valence-electron chi connectivity index (χ3n) is 1.61. The average molecular weight is 322 g/mol.